The summed E-state index contributed by atoms with van der Waals surface area (Å²) in [6, 6.07) is 16.1. The summed E-state index contributed by atoms with van der Waals surface area (Å²) in [5.41, 5.74) is 1.33. The van der Waals surface area contributed by atoms with Gasteiger partial charge in [-0.25, -0.2) is 4.79 Å². The van der Waals surface area contributed by atoms with Crippen molar-refractivity contribution < 1.29 is 14.4 Å². The summed E-state index contributed by atoms with van der Waals surface area (Å²) in [6.45, 7) is 5.65. The zero-order chi connectivity index (χ0) is 20.3. The Balaban J connectivity index is 1.75. The van der Waals surface area contributed by atoms with E-state index in [0.29, 0.717) is 23.6 Å². The Labute approximate surface area is 164 Å². The highest BCUT2D eigenvalue weighted by Gasteiger charge is 2.51. The maximum absolute atomic E-state index is 13.1. The maximum Gasteiger partial charge on any atom is 0.325 e. The molecule has 6 heteroatoms. The summed E-state index contributed by atoms with van der Waals surface area (Å²) in [7, 11) is 0. The summed E-state index contributed by atoms with van der Waals surface area (Å²) in [5, 5.41) is 5.56. The van der Waals surface area contributed by atoms with E-state index in [1.54, 1.807) is 6.07 Å². The Morgan fingerprint density at radius 1 is 1.11 bits per heavy atom. The molecule has 0 saturated carbocycles. The monoisotopic (exact) mass is 379 g/mol. The van der Waals surface area contributed by atoms with Gasteiger partial charge in [0.15, 0.2) is 0 Å². The Morgan fingerprint density at radius 2 is 1.82 bits per heavy atom. The van der Waals surface area contributed by atoms with E-state index < -0.39 is 23.4 Å². The maximum atomic E-state index is 13.1. The molecule has 0 bridgehead atoms. The van der Waals surface area contributed by atoms with Gasteiger partial charge in [0.2, 0.25) is 5.91 Å². The highest BCUT2D eigenvalue weighted by Crippen LogP contribution is 2.32. The molecule has 0 spiro atoms. The normalized spacial score (nSPS) is 19.1. The van der Waals surface area contributed by atoms with Gasteiger partial charge in [-0.15, -0.1) is 0 Å². The number of carbonyl (C=O) groups excluding carboxylic acids is 3. The Morgan fingerprint density at radius 3 is 2.46 bits per heavy atom. The summed E-state index contributed by atoms with van der Waals surface area (Å²) in [5.74, 6) is -0.486. The van der Waals surface area contributed by atoms with Crippen molar-refractivity contribution in [2.45, 2.75) is 38.6 Å². The van der Waals surface area contributed by atoms with E-state index in [1.807, 2.05) is 55.5 Å². The van der Waals surface area contributed by atoms with Crippen molar-refractivity contribution in [3.8, 4) is 0 Å². The summed E-state index contributed by atoms with van der Waals surface area (Å²) >= 11 is 0. The van der Waals surface area contributed by atoms with Crippen molar-refractivity contribution in [2.75, 3.05) is 11.9 Å². The molecule has 1 fully saturated rings. The van der Waals surface area contributed by atoms with Crippen LogP contribution in [0.3, 0.4) is 0 Å². The van der Waals surface area contributed by atoms with Crippen LogP contribution >= 0.6 is 0 Å². The summed E-state index contributed by atoms with van der Waals surface area (Å²) < 4.78 is 0. The van der Waals surface area contributed by atoms with Crippen molar-refractivity contribution in [1.29, 1.82) is 0 Å². The van der Waals surface area contributed by atoms with Crippen molar-refractivity contribution in [1.82, 2.24) is 10.2 Å². The third-order valence-electron chi connectivity index (χ3n) is 5.11. The van der Waals surface area contributed by atoms with Crippen LogP contribution in [0.25, 0.3) is 0 Å². The Bertz CT molecular complexity index is 895. The molecule has 1 heterocycles. The molecule has 146 valence electrons. The topological polar surface area (TPSA) is 78.5 Å². The van der Waals surface area contributed by atoms with Crippen LogP contribution < -0.4 is 10.6 Å². The highest BCUT2D eigenvalue weighted by molar-refractivity contribution is 6.10. The second-order valence-electron chi connectivity index (χ2n) is 7.27. The zero-order valence-electron chi connectivity index (χ0n) is 16.4. The van der Waals surface area contributed by atoms with Gasteiger partial charge < -0.3 is 10.6 Å². The first-order chi connectivity index (χ1) is 13.4. The molecule has 2 aromatic carbocycles. The molecular formula is C22H25N3O3. The number of urea groups is 1. The Hall–Kier alpha value is -3.15. The number of nitrogens with zero attached hydrogens (tertiary/aromatic N) is 1. The molecule has 0 radical (unpaired) electrons. The van der Waals surface area contributed by atoms with Crippen LogP contribution in [0.2, 0.25) is 0 Å². The van der Waals surface area contributed by atoms with E-state index in [4.69, 9.17) is 0 Å². The van der Waals surface area contributed by atoms with E-state index in [1.165, 1.54) is 0 Å². The number of anilines is 1. The number of nitrogens with one attached hydrogen (secondary N) is 2. The van der Waals surface area contributed by atoms with Crippen molar-refractivity contribution in [3.05, 3.63) is 65.7 Å². The van der Waals surface area contributed by atoms with Gasteiger partial charge >= 0.3 is 6.03 Å². The smallest absolute Gasteiger partial charge is 0.325 e. The molecule has 1 unspecified atom stereocenters. The number of hydrogen-bond donors (Lipinski definition) is 2. The number of hydrogen-bond acceptors (Lipinski definition) is 3. The van der Waals surface area contributed by atoms with Crippen LogP contribution in [-0.4, -0.2) is 29.3 Å². The minimum atomic E-state index is -1.13. The number of imide groups is 1. The predicted molar refractivity (Wildman–Crippen MR) is 108 cm³/mol. The lowest BCUT2D eigenvalue weighted by Gasteiger charge is -2.25. The molecule has 4 amide bonds. The van der Waals surface area contributed by atoms with Crippen molar-refractivity contribution in [3.63, 3.8) is 0 Å². The lowest BCUT2D eigenvalue weighted by atomic mass is 9.87. The van der Waals surface area contributed by atoms with Gasteiger partial charge in [0, 0.05) is 5.69 Å². The first-order valence-electron chi connectivity index (χ1n) is 9.47. The molecule has 6 nitrogen and oxygen atoms in total. The number of carbonyl (C=O) groups is 3. The van der Waals surface area contributed by atoms with Gasteiger partial charge in [-0.1, -0.05) is 63.2 Å². The molecule has 2 N–H and O–H groups in total. The standard InChI is InChI=1S/C22H25N3O3/c1-4-22(17-10-6-5-7-11-17)20(27)25(21(28)24-22)14-19(26)23-18-12-8-9-16(13-18)15(2)3/h5-13,15H,4,14H2,1-3H3,(H,23,26)(H,24,28). The summed E-state index contributed by atoms with van der Waals surface area (Å²) in [6.07, 6.45) is 0.399. The number of benzene rings is 2. The van der Waals surface area contributed by atoms with E-state index in [-0.39, 0.29) is 6.54 Å². The molecule has 28 heavy (non-hydrogen) atoms. The molecule has 3 rings (SSSR count). The fourth-order valence-electron chi connectivity index (χ4n) is 3.45. The first kappa shape index (κ1) is 19.6. The quantitative estimate of drug-likeness (QED) is 0.753. The fraction of sp³-hybridized carbons (Fsp3) is 0.318. The average molecular weight is 379 g/mol. The summed E-state index contributed by atoms with van der Waals surface area (Å²) in [4.78, 5) is 39.0. The van der Waals surface area contributed by atoms with Crippen LogP contribution in [0.15, 0.2) is 54.6 Å². The van der Waals surface area contributed by atoms with E-state index in [9.17, 15) is 14.4 Å². The minimum Gasteiger partial charge on any atom is -0.325 e. The van der Waals surface area contributed by atoms with Crippen molar-refractivity contribution in [2.24, 2.45) is 0 Å². The zero-order valence-corrected chi connectivity index (χ0v) is 16.4. The average Bonchev–Trinajstić information content (AvgIpc) is 2.94. The van der Waals surface area contributed by atoms with Crippen LogP contribution in [0.4, 0.5) is 10.5 Å². The van der Waals surface area contributed by atoms with Crippen LogP contribution in [-0.2, 0) is 15.1 Å². The SMILES string of the molecule is CCC1(c2ccccc2)NC(=O)N(CC(=O)Nc2cccc(C(C)C)c2)C1=O. The van der Waals surface area contributed by atoms with E-state index in [2.05, 4.69) is 24.5 Å². The van der Waals surface area contributed by atoms with Gasteiger partial charge in [-0.3, -0.25) is 14.5 Å². The molecule has 0 aliphatic carbocycles. The third kappa shape index (κ3) is 3.63. The van der Waals surface area contributed by atoms with Gasteiger partial charge in [-0.2, -0.15) is 0 Å². The van der Waals surface area contributed by atoms with Crippen LogP contribution in [0, 0.1) is 0 Å². The second kappa shape index (κ2) is 7.84. The van der Waals surface area contributed by atoms with Crippen LogP contribution in [0.5, 0.6) is 0 Å². The molecule has 1 saturated heterocycles. The molecule has 1 aliphatic heterocycles. The second-order valence-corrected chi connectivity index (χ2v) is 7.27. The van der Waals surface area contributed by atoms with Gasteiger partial charge in [0.25, 0.3) is 5.91 Å². The van der Waals surface area contributed by atoms with Gasteiger partial charge in [-0.05, 0) is 35.6 Å². The molecular weight excluding hydrogens is 354 g/mol. The van der Waals surface area contributed by atoms with E-state index >= 15 is 0 Å². The molecule has 2 aromatic rings. The van der Waals surface area contributed by atoms with Gasteiger partial charge in [0.1, 0.15) is 12.1 Å². The Kier molecular flexibility index (Phi) is 5.49. The fourth-order valence-corrected chi connectivity index (χ4v) is 3.45. The largest absolute Gasteiger partial charge is 0.325 e. The number of rotatable bonds is 6. The number of amides is 4. The minimum absolute atomic E-state index is 0.328. The predicted octanol–water partition coefficient (Wildman–Crippen LogP) is 3.61. The highest BCUT2D eigenvalue weighted by atomic mass is 16.2. The molecule has 0 aromatic heterocycles. The van der Waals surface area contributed by atoms with E-state index in [0.717, 1.165) is 10.5 Å². The molecule has 1 aliphatic rings. The van der Waals surface area contributed by atoms with Gasteiger partial charge in [0.05, 0.1) is 0 Å². The lowest BCUT2D eigenvalue weighted by Crippen LogP contribution is -2.44. The van der Waals surface area contributed by atoms with Crippen LogP contribution in [0.1, 0.15) is 44.2 Å². The first-order valence-corrected chi connectivity index (χ1v) is 9.47. The lowest BCUT2D eigenvalue weighted by molar-refractivity contribution is -0.134. The van der Waals surface area contributed by atoms with Crippen molar-refractivity contribution >= 4 is 23.5 Å². The third-order valence-corrected chi connectivity index (χ3v) is 5.11. The molecule has 1 atom stereocenters.